The fourth-order valence-electron chi connectivity index (χ4n) is 3.51. The van der Waals surface area contributed by atoms with E-state index >= 15 is 0 Å². The molecule has 0 aromatic heterocycles. The van der Waals surface area contributed by atoms with Gasteiger partial charge >= 0.3 is 0 Å². The molecule has 0 spiro atoms. The van der Waals surface area contributed by atoms with Crippen molar-refractivity contribution in [3.05, 3.63) is 12.3 Å². The number of fused-ring (bicyclic) bond motifs is 2. The van der Waals surface area contributed by atoms with E-state index in [0.29, 0.717) is 16.9 Å². The minimum atomic E-state index is 0.400. The standard InChI is InChI=1S/C13H22O/c1-5-8-14-11-9-10-6-7-13(11,4)12(10,2)3/h5,8,10-11H,6-7,9H2,1-4H3/b8-5-/t10-,11-,13+/m1/s1. The van der Waals surface area contributed by atoms with Gasteiger partial charge < -0.3 is 4.74 Å². The number of rotatable bonds is 2. The van der Waals surface area contributed by atoms with Gasteiger partial charge in [0.05, 0.1) is 6.26 Å². The zero-order valence-electron chi connectivity index (χ0n) is 9.84. The van der Waals surface area contributed by atoms with Gasteiger partial charge in [-0.2, -0.15) is 0 Å². The van der Waals surface area contributed by atoms with E-state index in [4.69, 9.17) is 4.74 Å². The van der Waals surface area contributed by atoms with Crippen LogP contribution in [-0.2, 0) is 4.74 Å². The van der Waals surface area contributed by atoms with Crippen molar-refractivity contribution >= 4 is 0 Å². The Labute approximate surface area is 87.5 Å². The van der Waals surface area contributed by atoms with Gasteiger partial charge in [-0.15, -0.1) is 0 Å². The van der Waals surface area contributed by atoms with E-state index in [2.05, 4.69) is 20.8 Å². The highest BCUT2D eigenvalue weighted by Crippen LogP contribution is 2.66. The van der Waals surface area contributed by atoms with Crippen LogP contribution in [0.1, 0.15) is 47.0 Å². The van der Waals surface area contributed by atoms with Crippen molar-refractivity contribution in [2.24, 2.45) is 16.7 Å². The first kappa shape index (κ1) is 10.1. The molecule has 0 aromatic carbocycles. The monoisotopic (exact) mass is 194 g/mol. The first-order valence-corrected chi connectivity index (χ1v) is 5.79. The maximum absolute atomic E-state index is 5.84. The highest BCUT2D eigenvalue weighted by Gasteiger charge is 2.62. The number of hydrogen-bond acceptors (Lipinski definition) is 1. The molecule has 14 heavy (non-hydrogen) atoms. The largest absolute Gasteiger partial charge is 0.498 e. The molecule has 2 saturated carbocycles. The third-order valence-electron chi connectivity index (χ3n) is 5.09. The van der Waals surface area contributed by atoms with Crippen LogP contribution in [0, 0.1) is 16.7 Å². The van der Waals surface area contributed by atoms with Gasteiger partial charge in [0.1, 0.15) is 6.10 Å². The summed E-state index contributed by atoms with van der Waals surface area (Å²) < 4.78 is 5.84. The van der Waals surface area contributed by atoms with Crippen molar-refractivity contribution in [1.82, 2.24) is 0 Å². The highest BCUT2D eigenvalue weighted by atomic mass is 16.5. The van der Waals surface area contributed by atoms with Crippen molar-refractivity contribution in [2.45, 2.75) is 53.1 Å². The second-order valence-electron chi connectivity index (χ2n) is 5.70. The molecule has 0 N–H and O–H groups in total. The molecule has 0 aromatic rings. The maximum Gasteiger partial charge on any atom is 0.104 e. The van der Waals surface area contributed by atoms with E-state index in [1.807, 2.05) is 19.3 Å². The Balaban J connectivity index is 2.18. The summed E-state index contributed by atoms with van der Waals surface area (Å²) >= 11 is 0. The smallest absolute Gasteiger partial charge is 0.104 e. The van der Waals surface area contributed by atoms with Crippen LogP contribution in [0.3, 0.4) is 0 Å². The van der Waals surface area contributed by atoms with E-state index in [1.165, 1.54) is 19.3 Å². The minimum absolute atomic E-state index is 0.400. The minimum Gasteiger partial charge on any atom is -0.498 e. The van der Waals surface area contributed by atoms with Crippen LogP contribution in [0.5, 0.6) is 0 Å². The predicted octanol–water partition coefficient (Wildman–Crippen LogP) is 3.75. The van der Waals surface area contributed by atoms with Crippen LogP contribution >= 0.6 is 0 Å². The van der Waals surface area contributed by atoms with Gasteiger partial charge in [0.25, 0.3) is 0 Å². The van der Waals surface area contributed by atoms with Crippen LogP contribution in [0.25, 0.3) is 0 Å². The molecule has 3 atom stereocenters. The molecule has 1 nitrogen and oxygen atoms in total. The molecule has 0 saturated heterocycles. The van der Waals surface area contributed by atoms with Crippen molar-refractivity contribution in [3.63, 3.8) is 0 Å². The van der Waals surface area contributed by atoms with Crippen molar-refractivity contribution in [3.8, 4) is 0 Å². The molecule has 0 radical (unpaired) electrons. The summed E-state index contributed by atoms with van der Waals surface area (Å²) in [5.41, 5.74) is 0.871. The molecule has 1 heteroatoms. The van der Waals surface area contributed by atoms with Crippen molar-refractivity contribution < 1.29 is 4.74 Å². The maximum atomic E-state index is 5.84. The molecule has 2 fully saturated rings. The Morgan fingerprint density at radius 2 is 2.00 bits per heavy atom. The first-order valence-electron chi connectivity index (χ1n) is 5.79. The molecule has 2 aliphatic carbocycles. The second kappa shape index (κ2) is 3.01. The topological polar surface area (TPSA) is 9.23 Å². The lowest BCUT2D eigenvalue weighted by Gasteiger charge is -2.38. The second-order valence-corrected chi connectivity index (χ2v) is 5.70. The molecule has 0 aliphatic heterocycles. The summed E-state index contributed by atoms with van der Waals surface area (Å²) in [4.78, 5) is 0. The third-order valence-corrected chi connectivity index (χ3v) is 5.09. The Morgan fingerprint density at radius 1 is 1.29 bits per heavy atom. The van der Waals surface area contributed by atoms with Crippen LogP contribution < -0.4 is 0 Å². The van der Waals surface area contributed by atoms with Crippen molar-refractivity contribution in [1.29, 1.82) is 0 Å². The van der Waals surface area contributed by atoms with Gasteiger partial charge in [-0.25, -0.2) is 0 Å². The molecule has 0 amide bonds. The zero-order valence-corrected chi connectivity index (χ0v) is 9.84. The van der Waals surface area contributed by atoms with E-state index < -0.39 is 0 Å². The average Bonchev–Trinajstić information content (AvgIpc) is 2.46. The highest BCUT2D eigenvalue weighted by molar-refractivity contribution is 5.11. The summed E-state index contributed by atoms with van der Waals surface area (Å²) in [6.07, 6.45) is 8.31. The van der Waals surface area contributed by atoms with Crippen molar-refractivity contribution in [2.75, 3.05) is 0 Å². The summed E-state index contributed by atoms with van der Waals surface area (Å²) in [5.74, 6) is 0.878. The average molecular weight is 194 g/mol. The van der Waals surface area contributed by atoms with E-state index in [9.17, 15) is 0 Å². The van der Waals surface area contributed by atoms with E-state index in [-0.39, 0.29) is 0 Å². The van der Waals surface area contributed by atoms with Gasteiger partial charge in [0, 0.05) is 5.41 Å². The summed E-state index contributed by atoms with van der Waals surface area (Å²) in [7, 11) is 0. The lowest BCUT2D eigenvalue weighted by molar-refractivity contribution is 0.00127. The molecule has 2 rings (SSSR count). The zero-order chi connectivity index (χ0) is 10.4. The summed E-state index contributed by atoms with van der Waals surface area (Å²) in [5, 5.41) is 0. The number of allylic oxidation sites excluding steroid dienone is 1. The molecule has 80 valence electrons. The molecule has 2 aliphatic rings. The quantitative estimate of drug-likeness (QED) is 0.608. The summed E-state index contributed by atoms with van der Waals surface area (Å²) in [6, 6.07) is 0. The first-order chi connectivity index (χ1) is 6.52. The Hall–Kier alpha value is -0.460. The fraction of sp³-hybridized carbons (Fsp3) is 0.846. The van der Waals surface area contributed by atoms with Gasteiger partial charge in [-0.05, 0) is 37.5 Å². The molecular weight excluding hydrogens is 172 g/mol. The van der Waals surface area contributed by atoms with Crippen LogP contribution in [-0.4, -0.2) is 6.10 Å². The Morgan fingerprint density at radius 3 is 2.43 bits per heavy atom. The normalized spacial score (nSPS) is 44.9. The van der Waals surface area contributed by atoms with Gasteiger partial charge in [0.2, 0.25) is 0 Å². The van der Waals surface area contributed by atoms with Crippen LogP contribution in [0.2, 0.25) is 0 Å². The van der Waals surface area contributed by atoms with Gasteiger partial charge in [-0.1, -0.05) is 26.8 Å². The molecule has 2 bridgehead atoms. The predicted molar refractivity (Wildman–Crippen MR) is 58.9 cm³/mol. The lowest BCUT2D eigenvalue weighted by atomic mass is 9.70. The van der Waals surface area contributed by atoms with Crippen LogP contribution in [0.15, 0.2) is 12.3 Å². The number of ether oxygens (including phenoxy) is 1. The number of hydrogen-bond donors (Lipinski definition) is 0. The van der Waals surface area contributed by atoms with E-state index in [1.54, 1.807) is 0 Å². The molecular formula is C13H22O. The Kier molecular flexibility index (Phi) is 2.17. The van der Waals surface area contributed by atoms with Crippen LogP contribution in [0.4, 0.5) is 0 Å². The Bertz CT molecular complexity index is 254. The van der Waals surface area contributed by atoms with E-state index in [0.717, 1.165) is 5.92 Å². The third kappa shape index (κ3) is 1.07. The lowest BCUT2D eigenvalue weighted by Crippen LogP contribution is -2.36. The SMILES string of the molecule is C/C=C\O[C@@H]1C[C@H]2CC[C@]1(C)C2(C)C. The molecule has 0 heterocycles. The van der Waals surface area contributed by atoms with Gasteiger partial charge in [0.15, 0.2) is 0 Å². The molecule has 0 unspecified atom stereocenters. The summed E-state index contributed by atoms with van der Waals surface area (Å²) in [6.45, 7) is 9.27. The fourth-order valence-corrected chi connectivity index (χ4v) is 3.51. The van der Waals surface area contributed by atoms with Gasteiger partial charge in [-0.3, -0.25) is 0 Å².